The molecule has 7 nitrogen and oxygen atoms in total. The Balaban J connectivity index is 0.00000169. The Morgan fingerprint density at radius 1 is 1.25 bits per heavy atom. The molecule has 0 saturated carbocycles. The molecule has 0 atom stereocenters. The van der Waals surface area contributed by atoms with Crippen LogP contribution in [-0.4, -0.2) is 35.9 Å². The maximum atomic E-state index is 12.4. The molecule has 0 saturated heterocycles. The first-order valence-electron chi connectivity index (χ1n) is 7.75. The Hall–Kier alpha value is -2.25. The topological polar surface area (TPSA) is 88.3 Å². The lowest BCUT2D eigenvalue weighted by Crippen LogP contribution is -2.28. The smallest absolute Gasteiger partial charge is 0.272 e. The highest BCUT2D eigenvalue weighted by Crippen LogP contribution is 2.30. The van der Waals surface area contributed by atoms with Gasteiger partial charge in [-0.1, -0.05) is 6.07 Å². The van der Waals surface area contributed by atoms with Gasteiger partial charge in [0.2, 0.25) is 0 Å². The number of aromatic nitrogens is 2. The fourth-order valence-electron chi connectivity index (χ4n) is 2.88. The molecular formula is C16H19ClN4O3. The number of H-pyrrole nitrogens is 1. The molecule has 3 N–H and O–H groups in total. The molecule has 0 fully saturated rings. The number of nitrogens with zero attached hydrogens (tertiary/aromatic N) is 1. The van der Waals surface area contributed by atoms with E-state index in [0.29, 0.717) is 32.0 Å². The first-order chi connectivity index (χ1) is 11.3. The summed E-state index contributed by atoms with van der Waals surface area (Å²) < 4.78 is 11.0. The zero-order valence-corrected chi connectivity index (χ0v) is 13.9. The van der Waals surface area contributed by atoms with Crippen LogP contribution in [0.2, 0.25) is 0 Å². The van der Waals surface area contributed by atoms with Gasteiger partial charge in [-0.2, -0.15) is 5.10 Å². The highest BCUT2D eigenvalue weighted by Gasteiger charge is 2.21. The largest absolute Gasteiger partial charge is 0.486 e. The second-order valence-corrected chi connectivity index (χ2v) is 5.62. The molecule has 0 spiro atoms. The number of amides is 1. The van der Waals surface area contributed by atoms with Gasteiger partial charge in [-0.3, -0.25) is 9.89 Å². The van der Waals surface area contributed by atoms with Crippen LogP contribution in [0.3, 0.4) is 0 Å². The third-order valence-electron chi connectivity index (χ3n) is 4.08. The first-order valence-corrected chi connectivity index (χ1v) is 7.75. The van der Waals surface area contributed by atoms with Crippen molar-refractivity contribution in [2.45, 2.75) is 19.5 Å². The molecule has 1 aromatic heterocycles. The van der Waals surface area contributed by atoms with Crippen molar-refractivity contribution in [3.63, 3.8) is 0 Å². The number of hydrogen-bond donors (Lipinski definition) is 3. The third kappa shape index (κ3) is 3.18. The normalized spacial score (nSPS) is 15.2. The predicted molar refractivity (Wildman–Crippen MR) is 89.8 cm³/mol. The standard InChI is InChI=1S/C16H18N4O3.ClH/c21-16(15-11-9-17-4-3-12(11)19-20-15)18-8-10-1-2-13-14(7-10)23-6-5-22-13;/h1-2,7,17H,3-6,8-9H2,(H,18,21)(H,19,20);1H. The van der Waals surface area contributed by atoms with E-state index >= 15 is 0 Å². The van der Waals surface area contributed by atoms with Gasteiger partial charge in [0.15, 0.2) is 17.2 Å². The van der Waals surface area contributed by atoms with E-state index in [2.05, 4.69) is 20.8 Å². The van der Waals surface area contributed by atoms with Crippen molar-refractivity contribution < 1.29 is 14.3 Å². The summed E-state index contributed by atoms with van der Waals surface area (Å²) in [4.78, 5) is 12.4. The molecule has 2 aliphatic rings. The summed E-state index contributed by atoms with van der Waals surface area (Å²) in [5, 5.41) is 13.3. The summed E-state index contributed by atoms with van der Waals surface area (Å²) in [5.74, 6) is 1.31. The number of benzene rings is 1. The average Bonchev–Trinajstić information content (AvgIpc) is 3.03. The number of ether oxygens (including phenoxy) is 2. The van der Waals surface area contributed by atoms with Crippen molar-refractivity contribution in [3.05, 3.63) is 40.7 Å². The number of aromatic amines is 1. The lowest BCUT2D eigenvalue weighted by Gasteiger charge is -2.19. The average molecular weight is 351 g/mol. The Kier molecular flexibility index (Phi) is 4.92. The molecule has 3 heterocycles. The Bertz CT molecular complexity index is 747. The molecule has 1 amide bonds. The van der Waals surface area contributed by atoms with E-state index in [9.17, 15) is 4.79 Å². The summed E-state index contributed by atoms with van der Waals surface area (Å²) in [6.45, 7) is 3.13. The highest BCUT2D eigenvalue weighted by atomic mass is 35.5. The molecule has 0 aliphatic carbocycles. The van der Waals surface area contributed by atoms with Crippen molar-refractivity contribution in [3.8, 4) is 11.5 Å². The number of hydrogen-bond acceptors (Lipinski definition) is 5. The van der Waals surface area contributed by atoms with Crippen LogP contribution in [0, 0.1) is 0 Å². The van der Waals surface area contributed by atoms with E-state index < -0.39 is 0 Å². The molecule has 0 bridgehead atoms. The van der Waals surface area contributed by atoms with Gasteiger partial charge < -0.3 is 20.1 Å². The Morgan fingerprint density at radius 2 is 2.08 bits per heavy atom. The molecule has 0 radical (unpaired) electrons. The lowest BCUT2D eigenvalue weighted by atomic mass is 10.1. The number of carbonyl (C=O) groups is 1. The number of halogens is 1. The maximum Gasteiger partial charge on any atom is 0.272 e. The van der Waals surface area contributed by atoms with Crippen molar-refractivity contribution in [1.82, 2.24) is 20.8 Å². The molecule has 0 unspecified atom stereocenters. The van der Waals surface area contributed by atoms with Gasteiger partial charge >= 0.3 is 0 Å². The molecule has 2 aromatic rings. The van der Waals surface area contributed by atoms with Crippen molar-refractivity contribution in [2.75, 3.05) is 19.8 Å². The molecule has 2 aliphatic heterocycles. The van der Waals surface area contributed by atoms with Crippen molar-refractivity contribution in [2.24, 2.45) is 0 Å². The van der Waals surface area contributed by atoms with Gasteiger partial charge in [0, 0.05) is 37.3 Å². The summed E-state index contributed by atoms with van der Waals surface area (Å²) in [6, 6.07) is 5.70. The third-order valence-corrected chi connectivity index (χ3v) is 4.08. The summed E-state index contributed by atoms with van der Waals surface area (Å²) >= 11 is 0. The summed E-state index contributed by atoms with van der Waals surface area (Å²) in [6.07, 6.45) is 0.873. The fourth-order valence-corrected chi connectivity index (χ4v) is 2.88. The lowest BCUT2D eigenvalue weighted by molar-refractivity contribution is 0.0944. The van der Waals surface area contributed by atoms with Crippen LogP contribution in [0.25, 0.3) is 0 Å². The minimum absolute atomic E-state index is 0. The molecule has 4 rings (SSSR count). The number of fused-ring (bicyclic) bond motifs is 2. The fraction of sp³-hybridized carbons (Fsp3) is 0.375. The second kappa shape index (κ2) is 7.11. The molecule has 24 heavy (non-hydrogen) atoms. The number of nitrogens with one attached hydrogen (secondary N) is 3. The van der Waals surface area contributed by atoms with E-state index in [0.717, 1.165) is 41.3 Å². The van der Waals surface area contributed by atoms with Crippen LogP contribution in [0.4, 0.5) is 0 Å². The number of rotatable bonds is 3. The van der Waals surface area contributed by atoms with Gasteiger partial charge in [-0.25, -0.2) is 0 Å². The van der Waals surface area contributed by atoms with Crippen molar-refractivity contribution >= 4 is 18.3 Å². The van der Waals surface area contributed by atoms with E-state index in [1.54, 1.807) is 0 Å². The minimum atomic E-state index is -0.166. The van der Waals surface area contributed by atoms with Gasteiger partial charge in [0.05, 0.1) is 0 Å². The van der Waals surface area contributed by atoms with Crippen LogP contribution >= 0.6 is 12.4 Å². The maximum absolute atomic E-state index is 12.4. The first kappa shape index (κ1) is 16.6. The minimum Gasteiger partial charge on any atom is -0.486 e. The Morgan fingerprint density at radius 3 is 2.96 bits per heavy atom. The molecule has 8 heteroatoms. The summed E-state index contributed by atoms with van der Waals surface area (Å²) in [5.41, 5.74) is 3.46. The predicted octanol–water partition coefficient (Wildman–Crippen LogP) is 1.18. The van der Waals surface area contributed by atoms with Crippen molar-refractivity contribution in [1.29, 1.82) is 0 Å². The van der Waals surface area contributed by atoms with E-state index in [1.165, 1.54) is 0 Å². The van der Waals surface area contributed by atoms with Crippen LogP contribution in [0.15, 0.2) is 18.2 Å². The van der Waals surface area contributed by atoms with E-state index in [1.807, 2.05) is 18.2 Å². The van der Waals surface area contributed by atoms with Gasteiger partial charge in [-0.05, 0) is 17.7 Å². The highest BCUT2D eigenvalue weighted by molar-refractivity contribution is 5.94. The van der Waals surface area contributed by atoms with Crippen LogP contribution < -0.4 is 20.1 Å². The Labute approximate surface area is 145 Å². The van der Waals surface area contributed by atoms with Crippen LogP contribution in [0.1, 0.15) is 27.3 Å². The SMILES string of the molecule is Cl.O=C(NCc1ccc2c(c1)OCCO2)c1n[nH]c2c1CNCC2. The van der Waals surface area contributed by atoms with E-state index in [4.69, 9.17) is 9.47 Å². The zero-order valence-electron chi connectivity index (χ0n) is 13.1. The quantitative estimate of drug-likeness (QED) is 0.773. The second-order valence-electron chi connectivity index (χ2n) is 5.62. The van der Waals surface area contributed by atoms with Crippen LogP contribution in [0.5, 0.6) is 11.5 Å². The monoisotopic (exact) mass is 350 g/mol. The van der Waals surface area contributed by atoms with Gasteiger partial charge in [-0.15, -0.1) is 12.4 Å². The zero-order chi connectivity index (χ0) is 15.6. The van der Waals surface area contributed by atoms with Gasteiger partial charge in [0.1, 0.15) is 13.2 Å². The number of carbonyl (C=O) groups excluding carboxylic acids is 1. The molecular weight excluding hydrogens is 332 g/mol. The van der Waals surface area contributed by atoms with E-state index in [-0.39, 0.29) is 18.3 Å². The van der Waals surface area contributed by atoms with Gasteiger partial charge in [0.25, 0.3) is 5.91 Å². The van der Waals surface area contributed by atoms with Crippen LogP contribution in [-0.2, 0) is 19.5 Å². The molecule has 1 aromatic carbocycles. The molecule has 128 valence electrons. The summed E-state index contributed by atoms with van der Waals surface area (Å²) in [7, 11) is 0.